The number of methoxy groups -OCH3 is 1. The van der Waals surface area contributed by atoms with E-state index in [1.54, 1.807) is 6.07 Å². The number of aromatic nitrogens is 1. The largest absolute Gasteiger partial charge is 0.465 e. The number of anilines is 2. The molecule has 0 atom stereocenters. The highest BCUT2D eigenvalue weighted by molar-refractivity contribution is 6.34. The van der Waals surface area contributed by atoms with E-state index < -0.39 is 11.9 Å². The Morgan fingerprint density at radius 2 is 2.05 bits per heavy atom. The average molecular weight is 306 g/mol. The van der Waals surface area contributed by atoms with E-state index in [1.165, 1.54) is 37.6 Å². The summed E-state index contributed by atoms with van der Waals surface area (Å²) in [4.78, 5) is 27.4. The Labute approximate surface area is 125 Å². The Kier molecular flexibility index (Phi) is 4.39. The maximum atomic E-state index is 12.0. The number of rotatable bonds is 3. The molecule has 1 heterocycles. The first-order chi connectivity index (χ1) is 10.0. The van der Waals surface area contributed by atoms with Crippen LogP contribution in [0.2, 0.25) is 5.02 Å². The Morgan fingerprint density at radius 1 is 1.29 bits per heavy atom. The lowest BCUT2D eigenvalue weighted by Gasteiger charge is -2.08. The minimum absolute atomic E-state index is 0.184. The van der Waals surface area contributed by atoms with Gasteiger partial charge in [-0.15, -0.1) is 0 Å². The van der Waals surface area contributed by atoms with Crippen LogP contribution < -0.4 is 11.1 Å². The molecule has 1 amide bonds. The molecule has 0 aliphatic rings. The predicted octanol–water partition coefficient (Wildman–Crippen LogP) is 2.36. The summed E-state index contributed by atoms with van der Waals surface area (Å²) >= 11 is 5.99. The Balaban J connectivity index is 2.24. The first-order valence-electron chi connectivity index (χ1n) is 5.92. The molecule has 108 valence electrons. The van der Waals surface area contributed by atoms with E-state index in [1.807, 2.05) is 0 Å². The molecule has 1 aromatic heterocycles. The number of nitrogens with one attached hydrogen (secondary N) is 1. The van der Waals surface area contributed by atoms with E-state index in [4.69, 9.17) is 17.3 Å². The van der Waals surface area contributed by atoms with E-state index in [0.717, 1.165) is 0 Å². The van der Waals surface area contributed by atoms with Crippen molar-refractivity contribution in [1.29, 1.82) is 0 Å². The number of carbonyl (C=O) groups is 2. The summed E-state index contributed by atoms with van der Waals surface area (Å²) in [6.45, 7) is 0. The molecule has 6 nitrogen and oxygen atoms in total. The van der Waals surface area contributed by atoms with Gasteiger partial charge in [-0.1, -0.05) is 11.6 Å². The van der Waals surface area contributed by atoms with Crippen LogP contribution in [0.15, 0.2) is 36.5 Å². The van der Waals surface area contributed by atoms with Gasteiger partial charge in [0, 0.05) is 0 Å². The number of pyridine rings is 1. The topological polar surface area (TPSA) is 94.3 Å². The highest BCUT2D eigenvalue weighted by atomic mass is 35.5. The molecule has 2 aromatic rings. The van der Waals surface area contributed by atoms with Gasteiger partial charge in [0.2, 0.25) is 0 Å². The third kappa shape index (κ3) is 3.49. The standard InChI is InChI=1S/C14H12ClN3O3/c1-21-14(20)8-2-4-10(15)12(6-8)18-13(19)11-5-3-9(16)7-17-11/h2-7H,16H2,1H3,(H,18,19). The van der Waals surface area contributed by atoms with Crippen molar-refractivity contribution in [2.75, 3.05) is 18.2 Å². The predicted molar refractivity (Wildman–Crippen MR) is 79.4 cm³/mol. The first-order valence-corrected chi connectivity index (χ1v) is 6.30. The molecule has 0 aliphatic heterocycles. The average Bonchev–Trinajstić information content (AvgIpc) is 2.49. The monoisotopic (exact) mass is 305 g/mol. The van der Waals surface area contributed by atoms with Gasteiger partial charge in [-0.05, 0) is 30.3 Å². The third-order valence-corrected chi connectivity index (χ3v) is 2.98. The number of amides is 1. The van der Waals surface area contributed by atoms with Crippen molar-refractivity contribution in [3.8, 4) is 0 Å². The van der Waals surface area contributed by atoms with Crippen LogP contribution in [0.25, 0.3) is 0 Å². The number of nitrogens with zero attached hydrogens (tertiary/aromatic N) is 1. The van der Waals surface area contributed by atoms with Gasteiger partial charge in [0.25, 0.3) is 5.91 Å². The molecule has 0 fully saturated rings. The summed E-state index contributed by atoms with van der Waals surface area (Å²) in [5.74, 6) is -0.980. The zero-order valence-corrected chi connectivity index (χ0v) is 11.8. The molecule has 7 heteroatoms. The summed E-state index contributed by atoms with van der Waals surface area (Å²) in [6, 6.07) is 7.49. The zero-order valence-electron chi connectivity index (χ0n) is 11.1. The number of esters is 1. The van der Waals surface area contributed by atoms with Crippen molar-refractivity contribution in [2.24, 2.45) is 0 Å². The molecule has 1 aromatic carbocycles. The molecule has 2 rings (SSSR count). The number of hydrogen-bond donors (Lipinski definition) is 2. The number of halogens is 1. The van der Waals surface area contributed by atoms with Crippen molar-refractivity contribution < 1.29 is 14.3 Å². The summed E-state index contributed by atoms with van der Waals surface area (Å²) in [5.41, 5.74) is 6.72. The van der Waals surface area contributed by atoms with Crippen LogP contribution in [0.4, 0.5) is 11.4 Å². The van der Waals surface area contributed by atoms with Crippen LogP contribution in [0.1, 0.15) is 20.8 Å². The van der Waals surface area contributed by atoms with Crippen LogP contribution >= 0.6 is 11.6 Å². The summed E-state index contributed by atoms with van der Waals surface area (Å²) < 4.78 is 4.61. The normalized spacial score (nSPS) is 10.0. The van der Waals surface area contributed by atoms with Gasteiger partial charge in [0.05, 0.1) is 35.3 Å². The van der Waals surface area contributed by atoms with Crippen LogP contribution in [0.3, 0.4) is 0 Å². The molecular weight excluding hydrogens is 294 g/mol. The quantitative estimate of drug-likeness (QED) is 0.849. The minimum atomic E-state index is -0.521. The van der Waals surface area contributed by atoms with Crippen LogP contribution in [0.5, 0.6) is 0 Å². The summed E-state index contributed by atoms with van der Waals surface area (Å²) in [6.07, 6.45) is 1.38. The van der Waals surface area contributed by atoms with Crippen LogP contribution in [-0.4, -0.2) is 24.0 Å². The molecular formula is C14H12ClN3O3. The number of nitrogen functional groups attached to an aromatic ring is 1. The number of carbonyl (C=O) groups excluding carboxylic acids is 2. The van der Waals surface area contributed by atoms with Crippen molar-refractivity contribution in [1.82, 2.24) is 4.98 Å². The third-order valence-electron chi connectivity index (χ3n) is 2.65. The fraction of sp³-hybridized carbons (Fsp3) is 0.0714. The van der Waals surface area contributed by atoms with Gasteiger partial charge >= 0.3 is 5.97 Å². The van der Waals surface area contributed by atoms with E-state index in [0.29, 0.717) is 16.4 Å². The fourth-order valence-electron chi connectivity index (χ4n) is 1.59. The Bertz CT molecular complexity index is 686. The Morgan fingerprint density at radius 3 is 2.67 bits per heavy atom. The fourth-order valence-corrected chi connectivity index (χ4v) is 1.76. The second kappa shape index (κ2) is 6.23. The highest BCUT2D eigenvalue weighted by Gasteiger charge is 2.13. The number of hydrogen-bond acceptors (Lipinski definition) is 5. The van der Waals surface area contributed by atoms with Gasteiger partial charge in [-0.3, -0.25) is 4.79 Å². The number of ether oxygens (including phenoxy) is 1. The smallest absolute Gasteiger partial charge is 0.337 e. The zero-order chi connectivity index (χ0) is 15.4. The van der Waals surface area contributed by atoms with Crippen LogP contribution in [-0.2, 0) is 4.74 Å². The SMILES string of the molecule is COC(=O)c1ccc(Cl)c(NC(=O)c2ccc(N)cn2)c1. The molecule has 0 aliphatic carbocycles. The lowest BCUT2D eigenvalue weighted by molar-refractivity contribution is 0.0600. The van der Waals surface area contributed by atoms with E-state index >= 15 is 0 Å². The lowest BCUT2D eigenvalue weighted by atomic mass is 10.2. The van der Waals surface area contributed by atoms with Crippen molar-refractivity contribution in [2.45, 2.75) is 0 Å². The molecule has 0 saturated heterocycles. The molecule has 21 heavy (non-hydrogen) atoms. The van der Waals surface area contributed by atoms with E-state index in [9.17, 15) is 9.59 Å². The maximum absolute atomic E-state index is 12.0. The second-order valence-electron chi connectivity index (χ2n) is 4.12. The highest BCUT2D eigenvalue weighted by Crippen LogP contribution is 2.24. The molecule has 0 unspecified atom stereocenters. The summed E-state index contributed by atoms with van der Waals surface area (Å²) in [5, 5.41) is 2.88. The molecule has 0 spiro atoms. The van der Waals surface area contributed by atoms with Gasteiger partial charge in [0.1, 0.15) is 5.69 Å². The van der Waals surface area contributed by atoms with E-state index in [2.05, 4.69) is 15.0 Å². The van der Waals surface area contributed by atoms with Gasteiger partial charge < -0.3 is 15.8 Å². The first kappa shape index (κ1) is 14.8. The summed E-state index contributed by atoms with van der Waals surface area (Å²) in [7, 11) is 1.27. The van der Waals surface area contributed by atoms with Gasteiger partial charge in [-0.2, -0.15) is 0 Å². The Hall–Kier alpha value is -2.60. The minimum Gasteiger partial charge on any atom is -0.465 e. The van der Waals surface area contributed by atoms with E-state index in [-0.39, 0.29) is 11.3 Å². The van der Waals surface area contributed by atoms with Crippen molar-refractivity contribution in [3.05, 3.63) is 52.8 Å². The molecule has 3 N–H and O–H groups in total. The number of nitrogens with two attached hydrogens (primary N) is 1. The molecule has 0 radical (unpaired) electrons. The van der Waals surface area contributed by atoms with Gasteiger partial charge in [0.15, 0.2) is 0 Å². The maximum Gasteiger partial charge on any atom is 0.337 e. The lowest BCUT2D eigenvalue weighted by Crippen LogP contribution is -2.14. The van der Waals surface area contributed by atoms with Crippen molar-refractivity contribution >= 4 is 34.9 Å². The number of benzene rings is 1. The molecule has 0 bridgehead atoms. The van der Waals surface area contributed by atoms with Crippen molar-refractivity contribution in [3.63, 3.8) is 0 Å². The van der Waals surface area contributed by atoms with Gasteiger partial charge in [-0.25, -0.2) is 9.78 Å². The molecule has 0 saturated carbocycles. The second-order valence-corrected chi connectivity index (χ2v) is 4.52. The van der Waals surface area contributed by atoms with Crippen LogP contribution in [0, 0.1) is 0 Å².